The number of amides is 1. The maximum absolute atomic E-state index is 11.8. The van der Waals surface area contributed by atoms with Crippen molar-refractivity contribution in [1.29, 1.82) is 5.26 Å². The van der Waals surface area contributed by atoms with Crippen molar-refractivity contribution in [3.05, 3.63) is 17.0 Å². The number of nitrogens with one attached hydrogen (secondary N) is 1. The topological polar surface area (TPSA) is 78.9 Å². The molecule has 1 amide bonds. The Kier molecular flexibility index (Phi) is 3.56. The Morgan fingerprint density at radius 1 is 1.53 bits per heavy atom. The molecular formula is C12H17N3O2. The molecule has 0 fully saturated rings. The van der Waals surface area contributed by atoms with Gasteiger partial charge in [0.15, 0.2) is 0 Å². The monoisotopic (exact) mass is 235 g/mol. The fourth-order valence-electron chi connectivity index (χ4n) is 1.61. The van der Waals surface area contributed by atoms with Gasteiger partial charge in [-0.25, -0.2) is 0 Å². The Bertz CT molecular complexity index is 449. The Labute approximate surface area is 101 Å². The predicted molar refractivity (Wildman–Crippen MR) is 61.9 cm³/mol. The van der Waals surface area contributed by atoms with Crippen molar-refractivity contribution in [2.24, 2.45) is 5.41 Å². The van der Waals surface area contributed by atoms with E-state index in [1.807, 2.05) is 19.9 Å². The van der Waals surface area contributed by atoms with Gasteiger partial charge in [0.2, 0.25) is 5.91 Å². The van der Waals surface area contributed by atoms with Crippen LogP contribution in [0.15, 0.2) is 4.52 Å². The van der Waals surface area contributed by atoms with Gasteiger partial charge >= 0.3 is 0 Å². The van der Waals surface area contributed by atoms with E-state index in [9.17, 15) is 4.79 Å². The van der Waals surface area contributed by atoms with Gasteiger partial charge in [-0.2, -0.15) is 5.26 Å². The van der Waals surface area contributed by atoms with Crippen LogP contribution in [0.1, 0.15) is 43.8 Å². The van der Waals surface area contributed by atoms with E-state index >= 15 is 0 Å². The Morgan fingerprint density at radius 3 is 2.53 bits per heavy atom. The van der Waals surface area contributed by atoms with Gasteiger partial charge in [-0.05, 0) is 34.6 Å². The van der Waals surface area contributed by atoms with Crippen molar-refractivity contribution in [2.45, 2.75) is 40.7 Å². The van der Waals surface area contributed by atoms with Crippen LogP contribution in [0.3, 0.4) is 0 Å². The van der Waals surface area contributed by atoms with Gasteiger partial charge in [-0.3, -0.25) is 4.79 Å². The maximum Gasteiger partial charge on any atom is 0.240 e. The van der Waals surface area contributed by atoms with Crippen molar-refractivity contribution in [1.82, 2.24) is 10.5 Å². The molecule has 92 valence electrons. The molecule has 5 heteroatoms. The number of carbonyl (C=O) groups excluding carboxylic acids is 1. The first-order valence-electron chi connectivity index (χ1n) is 5.44. The molecular weight excluding hydrogens is 218 g/mol. The molecule has 1 N–H and O–H groups in total. The van der Waals surface area contributed by atoms with Crippen molar-refractivity contribution < 1.29 is 9.32 Å². The lowest BCUT2D eigenvalue weighted by molar-refractivity contribution is -0.127. The fraction of sp³-hybridized carbons (Fsp3) is 0.583. The average molecular weight is 235 g/mol. The maximum atomic E-state index is 11.8. The molecule has 17 heavy (non-hydrogen) atoms. The zero-order valence-corrected chi connectivity index (χ0v) is 10.8. The normalized spacial score (nSPS) is 12.9. The molecule has 1 aromatic rings. The van der Waals surface area contributed by atoms with Gasteiger partial charge in [0.05, 0.1) is 17.8 Å². The van der Waals surface area contributed by atoms with Crippen molar-refractivity contribution in [3.8, 4) is 6.07 Å². The van der Waals surface area contributed by atoms with Gasteiger partial charge < -0.3 is 9.84 Å². The van der Waals surface area contributed by atoms with Gasteiger partial charge in [-0.15, -0.1) is 0 Å². The summed E-state index contributed by atoms with van der Waals surface area (Å²) in [6, 6.07) is 1.75. The molecule has 0 aliphatic rings. The number of rotatable bonds is 3. The number of hydrogen-bond donors (Lipinski definition) is 1. The van der Waals surface area contributed by atoms with Crippen LogP contribution in [-0.2, 0) is 4.79 Å². The lowest BCUT2D eigenvalue weighted by Crippen LogP contribution is -2.37. The Balaban J connectivity index is 2.85. The van der Waals surface area contributed by atoms with E-state index in [0.717, 1.165) is 11.3 Å². The van der Waals surface area contributed by atoms with Crippen LogP contribution in [-0.4, -0.2) is 11.1 Å². The van der Waals surface area contributed by atoms with Crippen molar-refractivity contribution in [3.63, 3.8) is 0 Å². The summed E-state index contributed by atoms with van der Waals surface area (Å²) < 4.78 is 5.04. The molecule has 0 saturated heterocycles. The highest BCUT2D eigenvalue weighted by Gasteiger charge is 2.29. The fourth-order valence-corrected chi connectivity index (χ4v) is 1.61. The van der Waals surface area contributed by atoms with Crippen molar-refractivity contribution >= 4 is 5.91 Å². The molecule has 1 atom stereocenters. The van der Waals surface area contributed by atoms with E-state index < -0.39 is 5.41 Å². The summed E-state index contributed by atoms with van der Waals surface area (Å²) in [5.74, 6) is 0.387. The molecule has 0 radical (unpaired) electrons. The van der Waals surface area contributed by atoms with Crippen LogP contribution in [0.4, 0.5) is 0 Å². The standard InChI is InChI=1S/C12H17N3O2/c1-7(10-8(2)15-17-9(10)3)14-11(16)12(4,5)6-13/h7H,1-5H3,(H,14,16). The highest BCUT2D eigenvalue weighted by molar-refractivity contribution is 5.84. The van der Waals surface area contributed by atoms with Gasteiger partial charge in [0.1, 0.15) is 11.2 Å². The summed E-state index contributed by atoms with van der Waals surface area (Å²) in [5.41, 5.74) is 0.588. The highest BCUT2D eigenvalue weighted by Crippen LogP contribution is 2.22. The molecule has 0 saturated carbocycles. The minimum absolute atomic E-state index is 0.221. The highest BCUT2D eigenvalue weighted by atomic mass is 16.5. The number of aromatic nitrogens is 1. The van der Waals surface area contributed by atoms with Crippen molar-refractivity contribution in [2.75, 3.05) is 0 Å². The first-order valence-corrected chi connectivity index (χ1v) is 5.44. The molecule has 1 aromatic heterocycles. The summed E-state index contributed by atoms with van der Waals surface area (Å²) >= 11 is 0. The minimum atomic E-state index is -1.03. The second kappa shape index (κ2) is 4.58. The zero-order chi connectivity index (χ0) is 13.2. The molecule has 1 unspecified atom stereocenters. The lowest BCUT2D eigenvalue weighted by Gasteiger charge is -2.19. The SMILES string of the molecule is Cc1noc(C)c1C(C)NC(=O)C(C)(C)C#N. The van der Waals surface area contributed by atoms with Crippen LogP contribution >= 0.6 is 0 Å². The summed E-state index contributed by atoms with van der Waals surface area (Å²) in [7, 11) is 0. The van der Waals surface area contributed by atoms with E-state index in [-0.39, 0.29) is 11.9 Å². The Hall–Kier alpha value is -1.83. The van der Waals surface area contributed by atoms with E-state index in [1.54, 1.807) is 20.8 Å². The molecule has 0 aliphatic heterocycles. The molecule has 5 nitrogen and oxygen atoms in total. The third-order valence-electron chi connectivity index (χ3n) is 2.72. The van der Waals surface area contributed by atoms with Crippen LogP contribution in [0.2, 0.25) is 0 Å². The third-order valence-corrected chi connectivity index (χ3v) is 2.72. The molecule has 1 heterocycles. The molecule has 0 aliphatic carbocycles. The molecule has 1 rings (SSSR count). The number of hydrogen-bond acceptors (Lipinski definition) is 4. The lowest BCUT2D eigenvalue weighted by atomic mass is 9.93. The predicted octanol–water partition coefficient (Wildman–Crippen LogP) is 2.02. The quantitative estimate of drug-likeness (QED) is 0.869. The number of carbonyl (C=O) groups is 1. The zero-order valence-electron chi connectivity index (χ0n) is 10.8. The summed E-state index contributed by atoms with van der Waals surface area (Å²) in [4.78, 5) is 11.8. The Morgan fingerprint density at radius 2 is 2.12 bits per heavy atom. The van der Waals surface area contributed by atoms with Crippen LogP contribution in [0.25, 0.3) is 0 Å². The first kappa shape index (κ1) is 13.2. The third kappa shape index (κ3) is 2.64. The van der Waals surface area contributed by atoms with E-state index in [4.69, 9.17) is 9.78 Å². The smallest absolute Gasteiger partial charge is 0.240 e. The first-order chi connectivity index (χ1) is 7.79. The minimum Gasteiger partial charge on any atom is -0.361 e. The second-order valence-corrected chi connectivity index (χ2v) is 4.67. The van der Waals surface area contributed by atoms with Gasteiger partial charge in [0, 0.05) is 5.56 Å². The van der Waals surface area contributed by atoms with E-state index in [1.165, 1.54) is 0 Å². The summed E-state index contributed by atoms with van der Waals surface area (Å²) in [5, 5.41) is 15.5. The number of aryl methyl sites for hydroxylation is 2. The number of nitriles is 1. The summed E-state index contributed by atoms with van der Waals surface area (Å²) in [6.07, 6.45) is 0. The van der Waals surface area contributed by atoms with Crippen LogP contribution in [0, 0.1) is 30.6 Å². The molecule has 0 bridgehead atoms. The van der Waals surface area contributed by atoms with Gasteiger partial charge in [0.25, 0.3) is 0 Å². The average Bonchev–Trinajstić information content (AvgIpc) is 2.58. The van der Waals surface area contributed by atoms with E-state index in [2.05, 4.69) is 10.5 Å². The van der Waals surface area contributed by atoms with E-state index in [0.29, 0.717) is 5.76 Å². The molecule has 0 spiro atoms. The molecule has 0 aromatic carbocycles. The number of nitrogens with zero attached hydrogens (tertiary/aromatic N) is 2. The van der Waals surface area contributed by atoms with Gasteiger partial charge in [-0.1, -0.05) is 5.16 Å². The van der Waals surface area contributed by atoms with Crippen LogP contribution < -0.4 is 5.32 Å². The second-order valence-electron chi connectivity index (χ2n) is 4.67. The van der Waals surface area contributed by atoms with Crippen LogP contribution in [0.5, 0.6) is 0 Å². The largest absolute Gasteiger partial charge is 0.361 e. The summed E-state index contributed by atoms with van der Waals surface area (Å²) in [6.45, 7) is 8.64.